The summed E-state index contributed by atoms with van der Waals surface area (Å²) in [6.07, 6.45) is 9.57. The Bertz CT molecular complexity index is 1560. The summed E-state index contributed by atoms with van der Waals surface area (Å²) in [7, 11) is 7.57. The number of hydrogen-bond acceptors (Lipinski definition) is 5. The van der Waals surface area contributed by atoms with Gasteiger partial charge in [0.25, 0.3) is 0 Å². The van der Waals surface area contributed by atoms with Crippen molar-refractivity contribution < 1.29 is 14.4 Å². The van der Waals surface area contributed by atoms with Crippen molar-refractivity contribution in [3.05, 3.63) is 96.1 Å². The number of carbonyl (C=O) groups excluding carboxylic acids is 3. The fourth-order valence-corrected chi connectivity index (χ4v) is 6.91. The number of rotatable bonds is 12. The summed E-state index contributed by atoms with van der Waals surface area (Å²) in [5.41, 5.74) is 8.09. The second kappa shape index (κ2) is 15.3. The molecule has 1 aliphatic heterocycles. The predicted molar refractivity (Wildman–Crippen MR) is 189 cm³/mol. The molecule has 0 bridgehead atoms. The molecule has 5 rings (SSSR count). The summed E-state index contributed by atoms with van der Waals surface area (Å²) in [6.45, 7) is 1.31. The molecule has 3 amide bonds. The molecule has 2 fully saturated rings. The van der Waals surface area contributed by atoms with Crippen LogP contribution in [0.5, 0.6) is 0 Å². The number of piperidine rings is 1. The van der Waals surface area contributed by atoms with Crippen LogP contribution in [0.25, 0.3) is 10.8 Å². The SMILES string of the molecule is CN(C)C1CCN(C(=O)[C@@H](Cc2ccccc2)N(C)C(=O)[C@H](Cc2ccc3ccccc3c2)N(C)C(=O)/C=C/CC2(N)CCC2)CC1. The van der Waals surface area contributed by atoms with Gasteiger partial charge in [0, 0.05) is 51.6 Å². The van der Waals surface area contributed by atoms with Crippen molar-refractivity contribution in [3.63, 3.8) is 0 Å². The maximum atomic E-state index is 14.6. The first-order chi connectivity index (χ1) is 22.5. The van der Waals surface area contributed by atoms with E-state index < -0.39 is 12.1 Å². The zero-order valence-electron chi connectivity index (χ0n) is 28.5. The summed E-state index contributed by atoms with van der Waals surface area (Å²) in [5.74, 6) is -0.555. The van der Waals surface area contributed by atoms with Gasteiger partial charge in [-0.25, -0.2) is 0 Å². The summed E-state index contributed by atoms with van der Waals surface area (Å²) in [4.78, 5) is 49.7. The van der Waals surface area contributed by atoms with Gasteiger partial charge in [0.05, 0.1) is 0 Å². The molecule has 1 aliphatic carbocycles. The highest BCUT2D eigenvalue weighted by atomic mass is 16.2. The molecule has 250 valence electrons. The first-order valence-electron chi connectivity index (χ1n) is 17.0. The Morgan fingerprint density at radius 2 is 1.47 bits per heavy atom. The predicted octanol–water partition coefficient (Wildman–Crippen LogP) is 4.66. The van der Waals surface area contributed by atoms with E-state index >= 15 is 0 Å². The van der Waals surface area contributed by atoms with Crippen LogP contribution in [0.15, 0.2) is 84.9 Å². The van der Waals surface area contributed by atoms with Crippen molar-refractivity contribution in [2.45, 2.75) is 75.0 Å². The average molecular weight is 638 g/mol. The number of benzene rings is 3. The number of likely N-dealkylation sites (tertiary alicyclic amines) is 1. The Balaban J connectivity index is 1.42. The molecular formula is C39H51N5O3. The number of amides is 3. The maximum Gasteiger partial charge on any atom is 0.246 e. The molecule has 3 aromatic rings. The lowest BCUT2D eigenvalue weighted by Gasteiger charge is -2.40. The van der Waals surface area contributed by atoms with E-state index in [9.17, 15) is 14.4 Å². The highest BCUT2D eigenvalue weighted by Crippen LogP contribution is 2.32. The van der Waals surface area contributed by atoms with Crippen molar-refractivity contribution >= 4 is 28.5 Å². The van der Waals surface area contributed by atoms with Crippen LogP contribution in [-0.4, -0.2) is 102 Å². The van der Waals surface area contributed by atoms with Crippen LogP contribution in [0, 0.1) is 0 Å². The fourth-order valence-electron chi connectivity index (χ4n) is 6.91. The molecule has 47 heavy (non-hydrogen) atoms. The monoisotopic (exact) mass is 637 g/mol. The summed E-state index contributed by atoms with van der Waals surface area (Å²) < 4.78 is 0. The molecule has 1 heterocycles. The topological polar surface area (TPSA) is 90.2 Å². The lowest BCUT2D eigenvalue weighted by molar-refractivity contribution is -0.149. The number of nitrogens with two attached hydrogens (primary N) is 1. The van der Waals surface area contributed by atoms with Gasteiger partial charge in [-0.15, -0.1) is 0 Å². The molecule has 0 unspecified atom stereocenters. The van der Waals surface area contributed by atoms with Gasteiger partial charge in [0.2, 0.25) is 17.7 Å². The molecule has 1 saturated carbocycles. The molecule has 2 aliphatic rings. The molecule has 0 aromatic heterocycles. The summed E-state index contributed by atoms with van der Waals surface area (Å²) in [6, 6.07) is 23.1. The third-order valence-electron chi connectivity index (χ3n) is 10.4. The molecular weight excluding hydrogens is 586 g/mol. The van der Waals surface area contributed by atoms with Crippen LogP contribution in [-0.2, 0) is 27.2 Å². The van der Waals surface area contributed by atoms with Gasteiger partial charge in [0.1, 0.15) is 12.1 Å². The van der Waals surface area contributed by atoms with Crippen molar-refractivity contribution in [3.8, 4) is 0 Å². The van der Waals surface area contributed by atoms with E-state index in [1.54, 1.807) is 25.1 Å². The Hall–Kier alpha value is -4.01. The van der Waals surface area contributed by atoms with E-state index in [1.807, 2.05) is 59.5 Å². The number of nitrogens with zero attached hydrogens (tertiary/aromatic N) is 4. The molecule has 2 N–H and O–H groups in total. The van der Waals surface area contributed by atoms with Gasteiger partial charge in [-0.2, -0.15) is 0 Å². The smallest absolute Gasteiger partial charge is 0.246 e. The van der Waals surface area contributed by atoms with Crippen LogP contribution in [0.2, 0.25) is 0 Å². The standard InChI is InChI=1S/C39H51N5O3/c1-41(2)33-19-24-44(25-20-33)38(47)35(27-29-12-6-5-7-13-29)43(4)37(46)34(28-30-17-18-31-14-8-9-15-32(31)26-30)42(3)36(45)16-10-21-39(40)22-11-23-39/h5-10,12-18,26,33-35H,11,19-25,27-28,40H2,1-4H3/b16-10+/t34-,35+/m0/s1. The molecule has 0 spiro atoms. The normalized spacial score (nSPS) is 17.8. The fraction of sp³-hybridized carbons (Fsp3) is 0.462. The maximum absolute atomic E-state index is 14.6. The Morgan fingerprint density at radius 3 is 2.11 bits per heavy atom. The summed E-state index contributed by atoms with van der Waals surface area (Å²) >= 11 is 0. The molecule has 2 atom stereocenters. The van der Waals surface area contributed by atoms with Crippen molar-refractivity contribution in [2.75, 3.05) is 41.3 Å². The number of hydrogen-bond donors (Lipinski definition) is 1. The van der Waals surface area contributed by atoms with E-state index in [4.69, 9.17) is 5.73 Å². The van der Waals surface area contributed by atoms with Gasteiger partial charge < -0.3 is 25.3 Å². The van der Waals surface area contributed by atoms with Gasteiger partial charge in [-0.1, -0.05) is 78.9 Å². The number of carbonyl (C=O) groups is 3. The molecule has 0 radical (unpaired) electrons. The van der Waals surface area contributed by atoms with Crippen LogP contribution < -0.4 is 5.73 Å². The van der Waals surface area contributed by atoms with E-state index in [2.05, 4.69) is 43.3 Å². The van der Waals surface area contributed by atoms with Gasteiger partial charge in [-0.3, -0.25) is 14.4 Å². The van der Waals surface area contributed by atoms with Gasteiger partial charge in [-0.05, 0) is 80.6 Å². The average Bonchev–Trinajstić information content (AvgIpc) is 3.08. The lowest BCUT2D eigenvalue weighted by Crippen LogP contribution is -2.57. The highest BCUT2D eigenvalue weighted by molar-refractivity contribution is 5.95. The second-order valence-corrected chi connectivity index (χ2v) is 13.8. The zero-order chi connectivity index (χ0) is 33.6. The Morgan fingerprint density at radius 1 is 0.830 bits per heavy atom. The number of fused-ring (bicyclic) bond motifs is 1. The van der Waals surface area contributed by atoms with Crippen molar-refractivity contribution in [2.24, 2.45) is 5.73 Å². The van der Waals surface area contributed by atoms with Crippen molar-refractivity contribution in [1.82, 2.24) is 19.6 Å². The highest BCUT2D eigenvalue weighted by Gasteiger charge is 2.38. The van der Waals surface area contributed by atoms with E-state index in [0.29, 0.717) is 38.4 Å². The Kier molecular flexibility index (Phi) is 11.1. The zero-order valence-corrected chi connectivity index (χ0v) is 28.5. The molecule has 8 heteroatoms. The lowest BCUT2D eigenvalue weighted by atomic mass is 9.75. The Labute approximate surface area is 280 Å². The first-order valence-corrected chi connectivity index (χ1v) is 17.0. The minimum atomic E-state index is -0.806. The molecule has 1 saturated heterocycles. The third-order valence-corrected chi connectivity index (χ3v) is 10.4. The number of likely N-dealkylation sites (N-methyl/N-ethyl adjacent to an activating group) is 2. The van der Waals surface area contributed by atoms with Crippen LogP contribution in [0.1, 0.15) is 49.7 Å². The first kappa shape index (κ1) is 34.3. The van der Waals surface area contributed by atoms with Crippen molar-refractivity contribution in [1.29, 1.82) is 0 Å². The summed E-state index contributed by atoms with van der Waals surface area (Å²) in [5, 5.41) is 2.19. The van der Waals surface area contributed by atoms with Crippen LogP contribution >= 0.6 is 0 Å². The minimum Gasteiger partial charge on any atom is -0.341 e. The van der Waals surface area contributed by atoms with Crippen LogP contribution in [0.4, 0.5) is 0 Å². The van der Waals surface area contributed by atoms with Gasteiger partial charge in [0.15, 0.2) is 0 Å². The largest absolute Gasteiger partial charge is 0.341 e. The molecule has 8 nitrogen and oxygen atoms in total. The van der Waals surface area contributed by atoms with Gasteiger partial charge >= 0.3 is 0 Å². The van der Waals surface area contributed by atoms with E-state index in [-0.39, 0.29) is 23.3 Å². The van der Waals surface area contributed by atoms with Crippen LogP contribution in [0.3, 0.4) is 0 Å². The quantitative estimate of drug-likeness (QED) is 0.292. The van der Waals surface area contributed by atoms with E-state index in [0.717, 1.165) is 54.0 Å². The third kappa shape index (κ3) is 8.48. The minimum absolute atomic E-state index is 0.0472. The van der Waals surface area contributed by atoms with E-state index in [1.165, 1.54) is 4.90 Å². The second-order valence-electron chi connectivity index (χ2n) is 13.8. The molecule has 3 aromatic carbocycles.